The van der Waals surface area contributed by atoms with Crippen molar-refractivity contribution in [2.24, 2.45) is 11.8 Å². The molecular weight excluding hydrogens is 375 g/mol. The standard InChI is InChI=1S/C21H27FN4OS/c1-14-7-15(2)9-25(8-14)12-21(27)26-10-18(16-3-5-17(22)6-4-16)19(11-26)20-13-28-24-23-20/h3-6,13-15,18-19H,7-12H2,1-2H3/t14-,15-,18+,19-/m1/s1. The van der Waals surface area contributed by atoms with Crippen LogP contribution in [0.1, 0.15) is 43.4 Å². The Morgan fingerprint density at radius 1 is 1.11 bits per heavy atom. The average Bonchev–Trinajstić information content (AvgIpc) is 3.31. The first-order valence-corrected chi connectivity index (χ1v) is 10.9. The Bertz CT molecular complexity index is 787. The van der Waals surface area contributed by atoms with Crippen molar-refractivity contribution in [2.45, 2.75) is 32.1 Å². The molecule has 2 aromatic rings. The first kappa shape index (κ1) is 19.5. The van der Waals surface area contributed by atoms with E-state index in [-0.39, 0.29) is 23.6 Å². The Kier molecular flexibility index (Phi) is 5.73. The van der Waals surface area contributed by atoms with Gasteiger partial charge in [0.25, 0.3) is 0 Å². The van der Waals surface area contributed by atoms with Crippen molar-refractivity contribution >= 4 is 17.4 Å². The van der Waals surface area contributed by atoms with Crippen molar-refractivity contribution in [2.75, 3.05) is 32.7 Å². The second-order valence-corrected chi connectivity index (χ2v) is 9.14. The number of carbonyl (C=O) groups excluding carboxylic acids is 1. The van der Waals surface area contributed by atoms with Crippen LogP contribution in [0.2, 0.25) is 0 Å². The lowest BCUT2D eigenvalue weighted by Crippen LogP contribution is -2.45. The Labute approximate surface area is 169 Å². The van der Waals surface area contributed by atoms with Crippen LogP contribution in [0.25, 0.3) is 0 Å². The molecule has 0 saturated carbocycles. The third-order valence-electron chi connectivity index (χ3n) is 6.03. The largest absolute Gasteiger partial charge is 0.340 e. The number of likely N-dealkylation sites (tertiary alicyclic amines) is 2. The molecular formula is C21H27FN4OS. The summed E-state index contributed by atoms with van der Waals surface area (Å²) in [7, 11) is 0. The third-order valence-corrected chi connectivity index (χ3v) is 6.55. The van der Waals surface area contributed by atoms with Crippen LogP contribution in [-0.2, 0) is 4.79 Å². The van der Waals surface area contributed by atoms with Gasteiger partial charge >= 0.3 is 0 Å². The summed E-state index contributed by atoms with van der Waals surface area (Å²) in [6.07, 6.45) is 1.24. The van der Waals surface area contributed by atoms with Crippen molar-refractivity contribution in [3.05, 3.63) is 46.7 Å². The van der Waals surface area contributed by atoms with Gasteiger partial charge in [0.2, 0.25) is 5.91 Å². The van der Waals surface area contributed by atoms with Gasteiger partial charge in [-0.3, -0.25) is 9.69 Å². The van der Waals surface area contributed by atoms with Crippen molar-refractivity contribution in [1.29, 1.82) is 0 Å². The number of benzene rings is 1. The monoisotopic (exact) mass is 402 g/mol. The lowest BCUT2D eigenvalue weighted by atomic mass is 9.87. The molecule has 4 atom stereocenters. The highest BCUT2D eigenvalue weighted by atomic mass is 32.1. The number of aromatic nitrogens is 2. The number of hydrogen-bond acceptors (Lipinski definition) is 5. The molecule has 7 heteroatoms. The molecule has 5 nitrogen and oxygen atoms in total. The highest BCUT2D eigenvalue weighted by Gasteiger charge is 2.39. The van der Waals surface area contributed by atoms with Crippen LogP contribution in [0, 0.1) is 17.7 Å². The summed E-state index contributed by atoms with van der Waals surface area (Å²) in [5.41, 5.74) is 1.98. The van der Waals surface area contributed by atoms with Crippen LogP contribution in [-0.4, -0.2) is 58.0 Å². The number of piperidine rings is 1. The summed E-state index contributed by atoms with van der Waals surface area (Å²) in [6, 6.07) is 6.64. The van der Waals surface area contributed by atoms with Gasteiger partial charge in [-0.2, -0.15) is 0 Å². The minimum absolute atomic E-state index is 0.104. The maximum Gasteiger partial charge on any atom is 0.236 e. The number of hydrogen-bond donors (Lipinski definition) is 0. The Hall–Kier alpha value is -1.86. The van der Waals surface area contributed by atoms with E-state index in [4.69, 9.17) is 0 Å². The van der Waals surface area contributed by atoms with Gasteiger partial charge in [0.05, 0.1) is 12.2 Å². The van der Waals surface area contributed by atoms with Crippen LogP contribution >= 0.6 is 11.5 Å². The first-order chi connectivity index (χ1) is 13.5. The lowest BCUT2D eigenvalue weighted by molar-refractivity contribution is -0.132. The second kappa shape index (κ2) is 8.25. The van der Waals surface area contributed by atoms with Crippen LogP contribution in [0.4, 0.5) is 4.39 Å². The van der Waals surface area contributed by atoms with Crippen LogP contribution in [0.3, 0.4) is 0 Å². The SMILES string of the molecule is C[C@@H]1C[C@@H](C)CN(CC(=O)N2C[C@@H](c3ccc(F)cc3)[C@H](c3csnn3)C2)C1. The molecule has 0 bridgehead atoms. The van der Waals surface area contributed by atoms with E-state index >= 15 is 0 Å². The summed E-state index contributed by atoms with van der Waals surface area (Å²) in [4.78, 5) is 17.3. The molecule has 4 rings (SSSR count). The Balaban J connectivity index is 1.49. The zero-order chi connectivity index (χ0) is 19.7. The molecule has 1 aromatic heterocycles. The van der Waals surface area contributed by atoms with E-state index in [2.05, 4.69) is 28.3 Å². The van der Waals surface area contributed by atoms with E-state index < -0.39 is 0 Å². The molecule has 28 heavy (non-hydrogen) atoms. The summed E-state index contributed by atoms with van der Waals surface area (Å²) in [5.74, 6) is 1.43. The third kappa shape index (κ3) is 4.25. The molecule has 0 N–H and O–H groups in total. The van der Waals surface area contributed by atoms with E-state index in [9.17, 15) is 9.18 Å². The van der Waals surface area contributed by atoms with Crippen molar-refractivity contribution in [3.8, 4) is 0 Å². The maximum atomic E-state index is 13.4. The molecule has 1 amide bonds. The van der Waals surface area contributed by atoms with E-state index in [1.807, 2.05) is 22.4 Å². The molecule has 2 saturated heterocycles. The Morgan fingerprint density at radius 2 is 1.79 bits per heavy atom. The molecule has 0 spiro atoms. The molecule has 3 heterocycles. The number of carbonyl (C=O) groups is 1. The van der Waals surface area contributed by atoms with Crippen molar-refractivity contribution < 1.29 is 9.18 Å². The van der Waals surface area contributed by atoms with Gasteiger partial charge in [0.15, 0.2) is 0 Å². The van der Waals surface area contributed by atoms with E-state index in [1.165, 1.54) is 30.1 Å². The van der Waals surface area contributed by atoms with Gasteiger partial charge in [-0.1, -0.05) is 30.5 Å². The maximum absolute atomic E-state index is 13.4. The predicted octanol–water partition coefficient (Wildman–Crippen LogP) is 3.36. The smallest absolute Gasteiger partial charge is 0.236 e. The van der Waals surface area contributed by atoms with Gasteiger partial charge < -0.3 is 4.90 Å². The molecule has 2 fully saturated rings. The van der Waals surface area contributed by atoms with Gasteiger partial charge in [-0.15, -0.1) is 5.10 Å². The molecule has 0 unspecified atom stereocenters. The molecule has 0 aliphatic carbocycles. The topological polar surface area (TPSA) is 49.3 Å². The molecule has 2 aliphatic heterocycles. The lowest BCUT2D eigenvalue weighted by Gasteiger charge is -2.35. The van der Waals surface area contributed by atoms with Crippen LogP contribution in [0.15, 0.2) is 29.6 Å². The summed E-state index contributed by atoms with van der Waals surface area (Å²) in [5, 5.41) is 6.23. The molecule has 2 aliphatic rings. The molecule has 0 radical (unpaired) electrons. The quantitative estimate of drug-likeness (QED) is 0.787. The van der Waals surface area contributed by atoms with Crippen LogP contribution in [0.5, 0.6) is 0 Å². The summed E-state index contributed by atoms with van der Waals surface area (Å²) >= 11 is 1.33. The number of halogens is 1. The summed E-state index contributed by atoms with van der Waals surface area (Å²) < 4.78 is 17.4. The highest BCUT2D eigenvalue weighted by Crippen LogP contribution is 2.39. The van der Waals surface area contributed by atoms with E-state index in [1.54, 1.807) is 0 Å². The first-order valence-electron chi connectivity index (χ1n) is 10.0. The number of amides is 1. The zero-order valence-electron chi connectivity index (χ0n) is 16.4. The fourth-order valence-corrected chi connectivity index (χ4v) is 5.42. The number of nitrogens with zero attached hydrogens (tertiary/aromatic N) is 4. The van der Waals surface area contributed by atoms with Crippen molar-refractivity contribution in [3.63, 3.8) is 0 Å². The van der Waals surface area contributed by atoms with Crippen molar-refractivity contribution in [1.82, 2.24) is 19.4 Å². The van der Waals surface area contributed by atoms with Crippen LogP contribution < -0.4 is 0 Å². The fraction of sp³-hybridized carbons (Fsp3) is 0.571. The fourth-order valence-electron chi connectivity index (χ4n) is 4.90. The van der Waals surface area contributed by atoms with E-state index in [0.717, 1.165) is 24.3 Å². The average molecular weight is 403 g/mol. The predicted molar refractivity (Wildman–Crippen MR) is 108 cm³/mol. The van der Waals surface area contributed by atoms with Gasteiger partial charge in [0.1, 0.15) is 5.82 Å². The van der Waals surface area contributed by atoms with E-state index in [0.29, 0.717) is 31.5 Å². The summed E-state index contributed by atoms with van der Waals surface area (Å²) in [6.45, 7) is 8.27. The Morgan fingerprint density at radius 3 is 2.43 bits per heavy atom. The minimum Gasteiger partial charge on any atom is -0.340 e. The van der Waals surface area contributed by atoms with Gasteiger partial charge in [-0.25, -0.2) is 4.39 Å². The second-order valence-electron chi connectivity index (χ2n) is 8.53. The van der Waals surface area contributed by atoms with Gasteiger partial charge in [-0.05, 0) is 47.5 Å². The highest BCUT2D eigenvalue weighted by molar-refractivity contribution is 7.03. The number of rotatable bonds is 4. The molecule has 150 valence electrons. The van der Waals surface area contributed by atoms with Gasteiger partial charge in [0, 0.05) is 43.4 Å². The minimum atomic E-state index is -0.241. The molecule has 1 aromatic carbocycles. The zero-order valence-corrected chi connectivity index (χ0v) is 17.2. The normalized spacial score (nSPS) is 28.6.